The van der Waals surface area contributed by atoms with Gasteiger partial charge in [-0.25, -0.2) is 4.39 Å². The summed E-state index contributed by atoms with van der Waals surface area (Å²) in [5.74, 6) is -0.540. The lowest BCUT2D eigenvalue weighted by atomic mass is 10.2. The van der Waals surface area contributed by atoms with E-state index in [0.717, 1.165) is 11.9 Å². The molecule has 0 atom stereocenters. The van der Waals surface area contributed by atoms with Gasteiger partial charge in [0.15, 0.2) is 0 Å². The van der Waals surface area contributed by atoms with Gasteiger partial charge in [0.05, 0.1) is 24.4 Å². The van der Waals surface area contributed by atoms with Crippen molar-refractivity contribution in [2.75, 3.05) is 37.7 Å². The topological polar surface area (TPSA) is 54.8 Å². The number of hydrogen-bond acceptors (Lipinski definition) is 3. The number of aromatic nitrogens is 1. The summed E-state index contributed by atoms with van der Waals surface area (Å²) in [6, 6.07) is 4.44. The standard InChI is InChI=1S/C18H20FN3O3/c1-20-14-5-4-12(19)11-13(14)16(22-6-2-3-15(22)23)17(20)18(24)21-7-9-25-10-8-21/h4-5,11H,2-3,6-10H2,1H3. The van der Waals surface area contributed by atoms with E-state index in [2.05, 4.69) is 0 Å². The molecule has 0 saturated carbocycles. The summed E-state index contributed by atoms with van der Waals surface area (Å²) in [4.78, 5) is 28.9. The Labute approximate surface area is 144 Å². The van der Waals surface area contributed by atoms with Gasteiger partial charge in [0, 0.05) is 38.5 Å². The number of carbonyl (C=O) groups excluding carboxylic acids is 2. The van der Waals surface area contributed by atoms with Crippen LogP contribution in [0.4, 0.5) is 10.1 Å². The smallest absolute Gasteiger partial charge is 0.272 e. The molecule has 2 aliphatic rings. The van der Waals surface area contributed by atoms with Gasteiger partial charge in [-0.3, -0.25) is 9.59 Å². The minimum Gasteiger partial charge on any atom is -0.378 e. The SMILES string of the molecule is Cn1c(C(=O)N2CCOCC2)c(N2CCCC2=O)c2cc(F)ccc21. The van der Waals surface area contributed by atoms with Gasteiger partial charge in [0.2, 0.25) is 5.91 Å². The molecule has 4 rings (SSSR count). The Morgan fingerprint density at radius 3 is 2.64 bits per heavy atom. The van der Waals surface area contributed by atoms with Crippen molar-refractivity contribution in [2.45, 2.75) is 12.8 Å². The molecule has 0 bridgehead atoms. The van der Waals surface area contributed by atoms with Gasteiger partial charge in [0.1, 0.15) is 11.5 Å². The molecule has 1 aromatic carbocycles. The first kappa shape index (κ1) is 16.1. The van der Waals surface area contributed by atoms with E-state index in [4.69, 9.17) is 4.74 Å². The molecule has 2 saturated heterocycles. The third-order valence-electron chi connectivity index (χ3n) is 4.98. The lowest BCUT2D eigenvalue weighted by Gasteiger charge is -2.28. The van der Waals surface area contributed by atoms with Crippen LogP contribution in [-0.4, -0.2) is 54.1 Å². The molecule has 2 aromatic rings. The largest absolute Gasteiger partial charge is 0.378 e. The summed E-state index contributed by atoms with van der Waals surface area (Å²) < 4.78 is 21.0. The Morgan fingerprint density at radius 1 is 1.20 bits per heavy atom. The van der Waals surface area contributed by atoms with Crippen LogP contribution in [0.1, 0.15) is 23.3 Å². The van der Waals surface area contributed by atoms with Gasteiger partial charge in [0.25, 0.3) is 5.91 Å². The molecule has 132 valence electrons. The molecule has 2 aliphatic heterocycles. The average molecular weight is 345 g/mol. The fourth-order valence-electron chi connectivity index (χ4n) is 3.72. The molecule has 3 heterocycles. The Kier molecular flexibility index (Phi) is 3.95. The number of hydrogen-bond donors (Lipinski definition) is 0. The van der Waals surface area contributed by atoms with Crippen molar-refractivity contribution in [3.8, 4) is 0 Å². The number of morpholine rings is 1. The zero-order valence-electron chi connectivity index (χ0n) is 14.1. The Hall–Kier alpha value is -2.41. The molecule has 0 aliphatic carbocycles. The summed E-state index contributed by atoms with van der Waals surface area (Å²) in [5, 5.41) is 0.606. The van der Waals surface area contributed by atoms with Crippen LogP contribution >= 0.6 is 0 Å². The number of fused-ring (bicyclic) bond motifs is 1. The second-order valence-corrected chi connectivity index (χ2v) is 6.47. The van der Waals surface area contributed by atoms with E-state index in [1.165, 1.54) is 12.1 Å². The first-order valence-electron chi connectivity index (χ1n) is 8.53. The zero-order chi connectivity index (χ0) is 17.6. The molecule has 25 heavy (non-hydrogen) atoms. The van der Waals surface area contributed by atoms with E-state index < -0.39 is 0 Å². The number of ether oxygens (including phenoxy) is 1. The second-order valence-electron chi connectivity index (χ2n) is 6.47. The lowest BCUT2D eigenvalue weighted by Crippen LogP contribution is -2.42. The molecule has 6 nitrogen and oxygen atoms in total. The number of amides is 2. The molecule has 0 spiro atoms. The number of anilines is 1. The highest BCUT2D eigenvalue weighted by molar-refractivity contribution is 6.14. The minimum absolute atomic E-state index is 0.0206. The molecule has 7 heteroatoms. The third-order valence-corrected chi connectivity index (χ3v) is 4.98. The van der Waals surface area contributed by atoms with Crippen molar-refractivity contribution in [2.24, 2.45) is 7.05 Å². The fourth-order valence-corrected chi connectivity index (χ4v) is 3.72. The van der Waals surface area contributed by atoms with E-state index >= 15 is 0 Å². The van der Waals surface area contributed by atoms with Crippen molar-refractivity contribution in [1.29, 1.82) is 0 Å². The predicted octanol–water partition coefficient (Wildman–Crippen LogP) is 1.92. The van der Waals surface area contributed by atoms with Gasteiger partial charge >= 0.3 is 0 Å². The predicted molar refractivity (Wildman–Crippen MR) is 91.2 cm³/mol. The van der Waals surface area contributed by atoms with E-state index in [-0.39, 0.29) is 17.6 Å². The van der Waals surface area contributed by atoms with Crippen LogP contribution in [0.15, 0.2) is 18.2 Å². The van der Waals surface area contributed by atoms with Gasteiger partial charge in [-0.15, -0.1) is 0 Å². The van der Waals surface area contributed by atoms with Crippen molar-refractivity contribution >= 4 is 28.4 Å². The quantitative estimate of drug-likeness (QED) is 0.836. The number of halogens is 1. The van der Waals surface area contributed by atoms with Gasteiger partial charge in [-0.1, -0.05) is 0 Å². The molecule has 0 radical (unpaired) electrons. The lowest BCUT2D eigenvalue weighted by molar-refractivity contribution is -0.117. The van der Waals surface area contributed by atoms with Crippen LogP contribution < -0.4 is 4.90 Å². The number of aryl methyl sites for hydroxylation is 1. The molecular weight excluding hydrogens is 325 g/mol. The van der Waals surface area contributed by atoms with E-state index in [1.807, 2.05) is 0 Å². The summed E-state index contributed by atoms with van der Waals surface area (Å²) in [5.41, 5.74) is 1.72. The first-order chi connectivity index (χ1) is 12.1. The van der Waals surface area contributed by atoms with Crippen LogP contribution in [0, 0.1) is 5.82 Å². The van der Waals surface area contributed by atoms with Crippen molar-refractivity contribution in [3.63, 3.8) is 0 Å². The molecule has 0 unspecified atom stereocenters. The summed E-state index contributed by atoms with van der Waals surface area (Å²) in [7, 11) is 1.79. The second kappa shape index (κ2) is 6.15. The van der Waals surface area contributed by atoms with Crippen LogP contribution in [0.3, 0.4) is 0 Å². The fraction of sp³-hybridized carbons (Fsp3) is 0.444. The van der Waals surface area contributed by atoms with Crippen LogP contribution in [0.2, 0.25) is 0 Å². The summed E-state index contributed by atoms with van der Waals surface area (Å²) >= 11 is 0. The number of rotatable bonds is 2. The molecule has 1 aromatic heterocycles. The Balaban J connectivity index is 1.91. The molecule has 0 N–H and O–H groups in total. The summed E-state index contributed by atoms with van der Waals surface area (Å²) in [6.07, 6.45) is 1.20. The first-order valence-corrected chi connectivity index (χ1v) is 8.53. The maximum Gasteiger partial charge on any atom is 0.272 e. The Bertz CT molecular complexity index is 855. The third kappa shape index (κ3) is 2.59. The van der Waals surface area contributed by atoms with E-state index in [1.54, 1.807) is 27.5 Å². The maximum atomic E-state index is 13.9. The van der Waals surface area contributed by atoms with Gasteiger partial charge in [-0.05, 0) is 24.6 Å². The number of benzene rings is 1. The van der Waals surface area contributed by atoms with E-state index in [9.17, 15) is 14.0 Å². The zero-order valence-corrected chi connectivity index (χ0v) is 14.1. The molecular formula is C18H20FN3O3. The van der Waals surface area contributed by atoms with Crippen LogP contribution in [0.25, 0.3) is 10.9 Å². The number of carbonyl (C=O) groups is 2. The number of nitrogens with zero attached hydrogens (tertiary/aromatic N) is 3. The van der Waals surface area contributed by atoms with Crippen molar-refractivity contribution in [3.05, 3.63) is 29.7 Å². The maximum absolute atomic E-state index is 13.9. The van der Waals surface area contributed by atoms with Crippen LogP contribution in [-0.2, 0) is 16.6 Å². The van der Waals surface area contributed by atoms with Crippen LogP contribution in [0.5, 0.6) is 0 Å². The minimum atomic E-state index is -0.378. The highest BCUT2D eigenvalue weighted by Gasteiger charge is 2.33. The van der Waals surface area contributed by atoms with Gasteiger partial charge < -0.3 is 19.1 Å². The molecule has 2 fully saturated rings. The Morgan fingerprint density at radius 2 is 1.96 bits per heavy atom. The van der Waals surface area contributed by atoms with Crippen molar-refractivity contribution in [1.82, 2.24) is 9.47 Å². The molecule has 2 amide bonds. The highest BCUT2D eigenvalue weighted by atomic mass is 19.1. The average Bonchev–Trinajstić information content (AvgIpc) is 3.15. The highest BCUT2D eigenvalue weighted by Crippen LogP contribution is 2.37. The monoisotopic (exact) mass is 345 g/mol. The normalized spacial score (nSPS) is 18.4. The summed E-state index contributed by atoms with van der Waals surface area (Å²) in [6.45, 7) is 2.59. The van der Waals surface area contributed by atoms with Gasteiger partial charge in [-0.2, -0.15) is 0 Å². The van der Waals surface area contributed by atoms with E-state index in [0.29, 0.717) is 56.0 Å². The van der Waals surface area contributed by atoms with Crippen molar-refractivity contribution < 1.29 is 18.7 Å².